The Morgan fingerprint density at radius 3 is 2.54 bits per heavy atom. The summed E-state index contributed by atoms with van der Waals surface area (Å²) >= 11 is 0. The summed E-state index contributed by atoms with van der Waals surface area (Å²) in [5, 5.41) is 11.9. The molecule has 0 unspecified atom stereocenters. The number of benzene rings is 1. The Labute approximate surface area is 152 Å². The van der Waals surface area contributed by atoms with Gasteiger partial charge in [0.2, 0.25) is 10.0 Å². The molecule has 0 radical (unpaired) electrons. The highest BCUT2D eigenvalue weighted by molar-refractivity contribution is 7.89. The number of anilines is 2. The summed E-state index contributed by atoms with van der Waals surface area (Å²) in [5.74, 6) is 1.55. The molecule has 1 aromatic heterocycles. The third kappa shape index (κ3) is 4.47. The molecule has 2 heterocycles. The van der Waals surface area contributed by atoms with E-state index in [1.807, 2.05) is 12.1 Å². The fourth-order valence-corrected chi connectivity index (χ4v) is 3.76. The topological polar surface area (TPSA) is 111 Å². The van der Waals surface area contributed by atoms with Crippen molar-refractivity contribution in [1.82, 2.24) is 14.7 Å². The molecule has 1 aromatic carbocycles. The first-order valence-electron chi connectivity index (χ1n) is 8.39. The maximum atomic E-state index is 12.2. The lowest BCUT2D eigenvalue weighted by atomic mass is 10.2. The van der Waals surface area contributed by atoms with E-state index in [1.54, 1.807) is 0 Å². The van der Waals surface area contributed by atoms with Gasteiger partial charge in [-0.3, -0.25) is 0 Å². The fourth-order valence-electron chi connectivity index (χ4n) is 2.73. The molecule has 0 saturated carbocycles. The Hall–Kier alpha value is -2.70. The van der Waals surface area contributed by atoms with Crippen molar-refractivity contribution in [1.29, 1.82) is 5.26 Å². The average Bonchev–Trinajstić information content (AvgIpc) is 3.20. The van der Waals surface area contributed by atoms with Crippen LogP contribution in [0, 0.1) is 11.3 Å². The molecule has 0 amide bonds. The van der Waals surface area contributed by atoms with Crippen molar-refractivity contribution < 1.29 is 8.42 Å². The van der Waals surface area contributed by atoms with Crippen LogP contribution in [0.4, 0.5) is 11.6 Å². The molecule has 0 aliphatic carbocycles. The van der Waals surface area contributed by atoms with E-state index in [2.05, 4.69) is 24.9 Å². The number of sulfonamides is 1. The second-order valence-corrected chi connectivity index (χ2v) is 7.68. The van der Waals surface area contributed by atoms with Crippen LogP contribution in [0.5, 0.6) is 0 Å². The maximum absolute atomic E-state index is 12.2. The van der Waals surface area contributed by atoms with Crippen LogP contribution in [-0.4, -0.2) is 44.6 Å². The summed E-state index contributed by atoms with van der Waals surface area (Å²) in [7, 11) is -3.60. The van der Waals surface area contributed by atoms with Gasteiger partial charge in [0.05, 0.1) is 16.5 Å². The van der Waals surface area contributed by atoms with Gasteiger partial charge in [-0.15, -0.1) is 0 Å². The van der Waals surface area contributed by atoms with Crippen LogP contribution in [0.3, 0.4) is 0 Å². The summed E-state index contributed by atoms with van der Waals surface area (Å²) in [6.07, 6.45) is 3.85. The number of nitrogens with one attached hydrogen (secondary N) is 2. The molecule has 9 heteroatoms. The van der Waals surface area contributed by atoms with Crippen LogP contribution in [-0.2, 0) is 10.0 Å². The van der Waals surface area contributed by atoms with E-state index in [1.165, 1.54) is 43.4 Å². The molecule has 0 atom stereocenters. The second-order valence-electron chi connectivity index (χ2n) is 5.92. The summed E-state index contributed by atoms with van der Waals surface area (Å²) in [5.41, 5.74) is 0.420. The third-order valence-corrected chi connectivity index (χ3v) is 5.58. The predicted molar refractivity (Wildman–Crippen MR) is 98.3 cm³/mol. The Morgan fingerprint density at radius 2 is 1.85 bits per heavy atom. The summed E-state index contributed by atoms with van der Waals surface area (Å²) in [6, 6.07) is 9.63. The highest BCUT2D eigenvalue weighted by atomic mass is 32.2. The monoisotopic (exact) mass is 372 g/mol. The SMILES string of the molecule is N#Cc1ccc(S(=O)(=O)NCCNc2cc(N3CCCC3)ncn2)cc1. The third-order valence-electron chi connectivity index (χ3n) is 4.10. The van der Waals surface area contributed by atoms with Crippen LogP contribution in [0.25, 0.3) is 0 Å². The van der Waals surface area contributed by atoms with Crippen molar-refractivity contribution in [2.45, 2.75) is 17.7 Å². The minimum Gasteiger partial charge on any atom is -0.369 e. The lowest BCUT2D eigenvalue weighted by molar-refractivity contribution is 0.583. The number of hydrogen-bond acceptors (Lipinski definition) is 7. The van der Waals surface area contributed by atoms with Crippen LogP contribution < -0.4 is 14.9 Å². The molecule has 26 heavy (non-hydrogen) atoms. The molecule has 1 aliphatic rings. The van der Waals surface area contributed by atoms with Crippen molar-refractivity contribution in [2.24, 2.45) is 0 Å². The number of nitrogens with zero attached hydrogens (tertiary/aromatic N) is 4. The molecule has 0 spiro atoms. The molecule has 0 bridgehead atoms. The van der Waals surface area contributed by atoms with Gasteiger partial charge in [-0.25, -0.2) is 23.1 Å². The first-order chi connectivity index (χ1) is 12.6. The zero-order valence-electron chi connectivity index (χ0n) is 14.2. The predicted octanol–water partition coefficient (Wildman–Crippen LogP) is 1.34. The Bertz CT molecular complexity index is 886. The molecule has 3 rings (SSSR count). The molecule has 1 saturated heterocycles. The van der Waals surface area contributed by atoms with Crippen LogP contribution in [0.15, 0.2) is 41.6 Å². The molecule has 2 N–H and O–H groups in total. The summed E-state index contributed by atoms with van der Waals surface area (Å²) < 4.78 is 27.0. The Morgan fingerprint density at radius 1 is 1.12 bits per heavy atom. The van der Waals surface area contributed by atoms with E-state index in [4.69, 9.17) is 5.26 Å². The minimum atomic E-state index is -3.60. The molecule has 2 aromatic rings. The standard InChI is InChI=1S/C17H20N6O2S/c18-12-14-3-5-15(6-4-14)26(24,25)22-8-7-19-16-11-17(21-13-20-16)23-9-1-2-10-23/h3-6,11,13,22H,1-2,7-10H2,(H,19,20,21). The van der Waals surface area contributed by atoms with E-state index < -0.39 is 10.0 Å². The minimum absolute atomic E-state index is 0.134. The fraction of sp³-hybridized carbons (Fsp3) is 0.353. The van der Waals surface area contributed by atoms with E-state index in [9.17, 15) is 8.42 Å². The number of nitriles is 1. The molecule has 1 aliphatic heterocycles. The van der Waals surface area contributed by atoms with Gasteiger partial charge in [-0.05, 0) is 37.1 Å². The van der Waals surface area contributed by atoms with Crippen molar-refractivity contribution in [3.05, 3.63) is 42.2 Å². The van der Waals surface area contributed by atoms with Crippen molar-refractivity contribution in [3.8, 4) is 6.07 Å². The number of hydrogen-bond donors (Lipinski definition) is 2. The average molecular weight is 372 g/mol. The second kappa shape index (κ2) is 8.12. The lowest BCUT2D eigenvalue weighted by Gasteiger charge is -2.16. The zero-order valence-corrected chi connectivity index (χ0v) is 15.0. The van der Waals surface area contributed by atoms with E-state index in [0.717, 1.165) is 18.9 Å². The van der Waals surface area contributed by atoms with Gasteiger partial charge < -0.3 is 10.2 Å². The van der Waals surface area contributed by atoms with Crippen molar-refractivity contribution >= 4 is 21.7 Å². The van der Waals surface area contributed by atoms with Gasteiger partial charge in [-0.1, -0.05) is 0 Å². The molecule has 8 nitrogen and oxygen atoms in total. The first kappa shape index (κ1) is 18.1. The highest BCUT2D eigenvalue weighted by Gasteiger charge is 2.15. The van der Waals surface area contributed by atoms with E-state index in [0.29, 0.717) is 17.9 Å². The van der Waals surface area contributed by atoms with Gasteiger partial charge in [-0.2, -0.15) is 5.26 Å². The number of rotatable bonds is 7. The van der Waals surface area contributed by atoms with Gasteiger partial charge in [0.1, 0.15) is 18.0 Å². The summed E-state index contributed by atoms with van der Waals surface area (Å²) in [6.45, 7) is 2.61. The van der Waals surface area contributed by atoms with Gasteiger partial charge >= 0.3 is 0 Å². The highest BCUT2D eigenvalue weighted by Crippen LogP contribution is 2.19. The Kier molecular flexibility index (Phi) is 5.65. The van der Waals surface area contributed by atoms with Crippen molar-refractivity contribution in [2.75, 3.05) is 36.4 Å². The smallest absolute Gasteiger partial charge is 0.240 e. The quantitative estimate of drug-likeness (QED) is 0.706. The van der Waals surface area contributed by atoms with Crippen LogP contribution in [0.2, 0.25) is 0 Å². The zero-order chi connectivity index (χ0) is 18.4. The summed E-state index contributed by atoms with van der Waals surface area (Å²) in [4.78, 5) is 10.8. The van der Waals surface area contributed by atoms with Crippen LogP contribution in [0.1, 0.15) is 18.4 Å². The van der Waals surface area contributed by atoms with Gasteiger partial charge in [0, 0.05) is 32.2 Å². The van der Waals surface area contributed by atoms with E-state index >= 15 is 0 Å². The molecule has 1 fully saturated rings. The molecule has 136 valence electrons. The lowest BCUT2D eigenvalue weighted by Crippen LogP contribution is -2.29. The maximum Gasteiger partial charge on any atom is 0.240 e. The molecular weight excluding hydrogens is 352 g/mol. The normalized spacial score (nSPS) is 14.2. The van der Waals surface area contributed by atoms with Gasteiger partial charge in [0.15, 0.2) is 0 Å². The van der Waals surface area contributed by atoms with Crippen molar-refractivity contribution in [3.63, 3.8) is 0 Å². The van der Waals surface area contributed by atoms with Gasteiger partial charge in [0.25, 0.3) is 0 Å². The number of aromatic nitrogens is 2. The van der Waals surface area contributed by atoms with Crippen LogP contribution >= 0.6 is 0 Å². The molecular formula is C17H20N6O2S. The van der Waals surface area contributed by atoms with E-state index in [-0.39, 0.29) is 11.4 Å². The first-order valence-corrected chi connectivity index (χ1v) is 9.87. The largest absolute Gasteiger partial charge is 0.369 e. The Balaban J connectivity index is 1.51.